The summed E-state index contributed by atoms with van der Waals surface area (Å²) in [7, 11) is 0. The van der Waals surface area contributed by atoms with Gasteiger partial charge in [0, 0.05) is 0 Å². The molecule has 0 aromatic carbocycles. The summed E-state index contributed by atoms with van der Waals surface area (Å²) < 4.78 is -3.30. The molecule has 0 atom stereocenters. The minimum absolute atomic E-state index is 0. The maximum Gasteiger partial charge on any atom is 2.00 e. The van der Waals surface area contributed by atoms with Crippen molar-refractivity contribution in [1.29, 1.82) is 0 Å². The molecule has 0 rings (SSSR count). The summed E-state index contributed by atoms with van der Waals surface area (Å²) >= 11 is 23.5. The van der Waals surface area contributed by atoms with E-state index in [4.69, 9.17) is 0 Å². The predicted molar refractivity (Wildman–Crippen MR) is 100 cm³/mol. The number of hydrogen-bond acceptors (Lipinski definition) is 4. The standard InChI is InChI=1S/2C3H2Br4O2.Ba/c2*4-1(5)3(6,7)2(8)9;/h2*1H,(H,8,9);/q;;+2/p-2. The minimum atomic E-state index is -1.24. The number of carboxylic acid groups (broad SMARTS) is 2. The van der Waals surface area contributed by atoms with Gasteiger partial charge in [-0.25, -0.2) is 0 Å². The Hall–Kier alpha value is 4.35. The molecule has 0 unspecified atom stereocenters. The molecule has 0 aromatic rings. The first-order valence-corrected chi connectivity index (χ1v) is 10.4. The van der Waals surface area contributed by atoms with Crippen molar-refractivity contribution in [1.82, 2.24) is 0 Å². The van der Waals surface area contributed by atoms with Crippen LogP contribution in [0, 0.1) is 0 Å². The van der Waals surface area contributed by atoms with Crippen molar-refractivity contribution in [3.05, 3.63) is 0 Å². The van der Waals surface area contributed by atoms with Gasteiger partial charge in [-0.2, -0.15) is 0 Å². The number of rotatable bonds is 4. The fourth-order valence-electron chi connectivity index (χ4n) is 0.178. The Morgan fingerprint density at radius 3 is 0.895 bits per heavy atom. The molecule has 0 amide bonds. The summed E-state index contributed by atoms with van der Waals surface area (Å²) in [6, 6.07) is 0. The van der Waals surface area contributed by atoms with Crippen LogP contribution in [-0.4, -0.2) is 74.8 Å². The zero-order valence-corrected chi connectivity index (χ0v) is 25.6. The van der Waals surface area contributed by atoms with Crippen molar-refractivity contribution in [2.75, 3.05) is 0 Å². The number of carboxylic acids is 2. The summed E-state index contributed by atoms with van der Waals surface area (Å²) in [5, 5.41) is 20.4. The maximum atomic E-state index is 10.2. The third-order valence-corrected chi connectivity index (χ3v) is 11.9. The van der Waals surface area contributed by atoms with Crippen LogP contribution in [-0.2, 0) is 9.59 Å². The van der Waals surface area contributed by atoms with Crippen LogP contribution in [0.4, 0.5) is 0 Å². The van der Waals surface area contributed by atoms with E-state index in [1.165, 1.54) is 0 Å². The van der Waals surface area contributed by atoms with Gasteiger partial charge < -0.3 is 19.8 Å². The number of carbonyl (C=O) groups excluding carboxylic acids is 2. The fraction of sp³-hybridized carbons (Fsp3) is 0.667. The first kappa shape index (κ1) is 28.2. The monoisotopic (exact) mass is 907 g/mol. The van der Waals surface area contributed by atoms with Gasteiger partial charge in [0.15, 0.2) is 0 Å². The largest absolute Gasteiger partial charge is 2.00 e. The van der Waals surface area contributed by atoms with Crippen LogP contribution in [0.2, 0.25) is 0 Å². The van der Waals surface area contributed by atoms with Gasteiger partial charge in [-0.05, 0) is 0 Å². The van der Waals surface area contributed by atoms with Gasteiger partial charge in [0.2, 0.25) is 0 Å². The molecule has 0 aliphatic rings. The molecule has 0 aromatic heterocycles. The number of halogens is 8. The molecule has 0 saturated carbocycles. The number of aliphatic carboxylic acids is 2. The van der Waals surface area contributed by atoms with E-state index in [2.05, 4.69) is 127 Å². The van der Waals surface area contributed by atoms with Crippen molar-refractivity contribution < 1.29 is 19.8 Å². The second kappa shape index (κ2) is 12.7. The summed E-state index contributed by atoms with van der Waals surface area (Å²) in [4.78, 5) is 20.4. The molecular formula is C6H2BaBr8O4. The van der Waals surface area contributed by atoms with Crippen molar-refractivity contribution >= 4 is 188 Å². The summed E-state index contributed by atoms with van der Waals surface area (Å²) in [5.41, 5.74) is 0. The summed E-state index contributed by atoms with van der Waals surface area (Å²) in [6.45, 7) is 0. The Morgan fingerprint density at radius 1 is 0.737 bits per heavy atom. The number of hydrogen-bond donors (Lipinski definition) is 0. The molecular weight excluding hydrogens is 913 g/mol. The van der Waals surface area contributed by atoms with Crippen LogP contribution in [0.25, 0.3) is 0 Å². The van der Waals surface area contributed by atoms with E-state index >= 15 is 0 Å². The number of alkyl halides is 8. The Bertz CT molecular complexity index is 278. The molecule has 0 radical (unpaired) electrons. The molecule has 0 saturated heterocycles. The van der Waals surface area contributed by atoms with Gasteiger partial charge in [0.05, 0.1) is 11.9 Å². The topological polar surface area (TPSA) is 80.3 Å². The number of carbonyl (C=O) groups is 2. The Morgan fingerprint density at radius 2 is 0.895 bits per heavy atom. The SMILES string of the molecule is O=C([O-])C(Br)(Br)C(Br)Br.O=C([O-])C(Br)(Br)C(Br)Br.[Ba+2]. The molecule has 0 spiro atoms. The first-order chi connectivity index (χ1) is 7.77. The Kier molecular flexibility index (Phi) is 18.8. The van der Waals surface area contributed by atoms with Crippen LogP contribution < -0.4 is 10.2 Å². The summed E-state index contributed by atoms with van der Waals surface area (Å²) in [6.07, 6.45) is 0. The Balaban J connectivity index is -0.000000256. The van der Waals surface area contributed by atoms with E-state index in [1.807, 2.05) is 0 Å². The first-order valence-electron chi connectivity index (χ1n) is 3.52. The van der Waals surface area contributed by atoms with Crippen LogP contribution in [0.15, 0.2) is 0 Å². The van der Waals surface area contributed by atoms with Gasteiger partial charge in [-0.1, -0.05) is 127 Å². The van der Waals surface area contributed by atoms with Crippen molar-refractivity contribution in [2.24, 2.45) is 0 Å². The van der Waals surface area contributed by atoms with E-state index in [0.29, 0.717) is 0 Å². The fourth-order valence-corrected chi connectivity index (χ4v) is 0.926. The molecule has 0 N–H and O–H groups in total. The van der Waals surface area contributed by atoms with Crippen molar-refractivity contribution in [2.45, 2.75) is 13.9 Å². The van der Waals surface area contributed by atoms with E-state index in [0.717, 1.165) is 0 Å². The smallest absolute Gasteiger partial charge is 0.548 e. The normalized spacial score (nSPS) is 11.5. The second-order valence-corrected chi connectivity index (χ2v) is 15.7. The van der Waals surface area contributed by atoms with E-state index in [1.54, 1.807) is 0 Å². The molecule has 13 heteroatoms. The molecule has 0 fully saturated rings. The molecule has 19 heavy (non-hydrogen) atoms. The van der Waals surface area contributed by atoms with Gasteiger partial charge in [0.25, 0.3) is 0 Å². The third-order valence-electron chi connectivity index (χ3n) is 1.09. The quantitative estimate of drug-likeness (QED) is 0.321. The zero-order valence-electron chi connectivity index (χ0n) is 8.52. The molecule has 0 aliphatic carbocycles. The molecule has 4 nitrogen and oxygen atoms in total. The average molecular weight is 915 g/mol. The van der Waals surface area contributed by atoms with Crippen LogP contribution in [0.3, 0.4) is 0 Å². The third kappa shape index (κ3) is 11.5. The van der Waals surface area contributed by atoms with Crippen LogP contribution in [0.1, 0.15) is 0 Å². The molecule has 0 bridgehead atoms. The zero-order chi connectivity index (χ0) is 15.3. The second-order valence-electron chi connectivity index (χ2n) is 2.42. The van der Waals surface area contributed by atoms with Gasteiger partial charge >= 0.3 is 48.9 Å². The molecule has 108 valence electrons. The van der Waals surface area contributed by atoms with Gasteiger partial charge in [-0.3, -0.25) is 0 Å². The van der Waals surface area contributed by atoms with E-state index < -0.39 is 25.9 Å². The van der Waals surface area contributed by atoms with Crippen molar-refractivity contribution in [3.63, 3.8) is 0 Å². The van der Waals surface area contributed by atoms with Crippen LogP contribution in [0.5, 0.6) is 0 Å². The van der Waals surface area contributed by atoms with Crippen molar-refractivity contribution in [3.8, 4) is 0 Å². The predicted octanol–water partition coefficient (Wildman–Crippen LogP) is 2.30. The molecule has 0 heterocycles. The molecule has 0 aliphatic heterocycles. The Labute approximate surface area is 217 Å². The average Bonchev–Trinajstić information content (AvgIpc) is 2.17. The van der Waals surface area contributed by atoms with Gasteiger partial charge in [-0.15, -0.1) is 0 Å². The minimum Gasteiger partial charge on any atom is -0.548 e. The van der Waals surface area contributed by atoms with E-state index in [-0.39, 0.29) is 48.9 Å². The summed E-state index contributed by atoms with van der Waals surface area (Å²) in [5.74, 6) is -2.47. The van der Waals surface area contributed by atoms with Gasteiger partial charge in [0.1, 0.15) is 13.9 Å². The van der Waals surface area contributed by atoms with E-state index in [9.17, 15) is 19.8 Å². The maximum absolute atomic E-state index is 10.2. The van der Waals surface area contributed by atoms with Crippen LogP contribution >= 0.6 is 127 Å².